The summed E-state index contributed by atoms with van der Waals surface area (Å²) in [5.41, 5.74) is 5.27. The average molecular weight is 478 g/mol. The number of aromatic nitrogens is 1. The predicted molar refractivity (Wildman–Crippen MR) is 134 cm³/mol. The zero-order chi connectivity index (χ0) is 24.2. The highest BCUT2D eigenvalue weighted by Crippen LogP contribution is 2.36. The van der Waals surface area contributed by atoms with Gasteiger partial charge in [-0.15, -0.1) is 0 Å². The molecule has 0 radical (unpaired) electrons. The third-order valence-electron chi connectivity index (χ3n) is 5.77. The summed E-state index contributed by atoms with van der Waals surface area (Å²) in [6.45, 7) is 3.97. The summed E-state index contributed by atoms with van der Waals surface area (Å²) in [6, 6.07) is 15.0. The van der Waals surface area contributed by atoms with E-state index in [4.69, 9.17) is 21.1 Å². The van der Waals surface area contributed by atoms with Crippen molar-refractivity contribution < 1.29 is 18.7 Å². The third-order valence-corrected chi connectivity index (χ3v) is 6.01. The van der Waals surface area contributed by atoms with Crippen molar-refractivity contribution in [1.82, 2.24) is 4.57 Å². The Balaban J connectivity index is 1.76. The summed E-state index contributed by atoms with van der Waals surface area (Å²) in [4.78, 5) is 12.3. The smallest absolute Gasteiger partial charge is 0.338 e. The maximum Gasteiger partial charge on any atom is 0.338 e. The Hall–Kier alpha value is -3.57. The summed E-state index contributed by atoms with van der Waals surface area (Å²) in [6.07, 6.45) is 7.32. The molecule has 2 aromatic carbocycles. The number of rotatable bonds is 6. The van der Waals surface area contributed by atoms with Crippen LogP contribution in [-0.2, 0) is 4.74 Å². The van der Waals surface area contributed by atoms with Crippen molar-refractivity contribution in [2.75, 3.05) is 13.7 Å². The van der Waals surface area contributed by atoms with Crippen molar-refractivity contribution in [2.24, 2.45) is 0 Å². The number of methoxy groups -OCH3 is 1. The number of hydrogen-bond donors (Lipinski definition) is 0. The van der Waals surface area contributed by atoms with E-state index in [1.165, 1.54) is 13.2 Å². The first-order valence-corrected chi connectivity index (χ1v) is 11.3. The lowest BCUT2D eigenvalue weighted by atomic mass is 10.1. The topological polar surface area (TPSA) is 40.5 Å². The number of esters is 1. The molecule has 174 valence electrons. The second-order valence-electron chi connectivity index (χ2n) is 8.06. The van der Waals surface area contributed by atoms with Crippen molar-refractivity contribution in [2.45, 2.75) is 20.3 Å². The minimum Gasteiger partial charge on any atom is -0.488 e. The van der Waals surface area contributed by atoms with Crippen LogP contribution >= 0.6 is 11.6 Å². The van der Waals surface area contributed by atoms with Crippen LogP contribution < -0.4 is 4.74 Å². The summed E-state index contributed by atoms with van der Waals surface area (Å²) < 4.78 is 27.4. The molecule has 34 heavy (non-hydrogen) atoms. The van der Waals surface area contributed by atoms with E-state index in [9.17, 15) is 9.18 Å². The Bertz CT molecular complexity index is 1330. The van der Waals surface area contributed by atoms with Crippen molar-refractivity contribution in [3.8, 4) is 22.7 Å². The van der Waals surface area contributed by atoms with Crippen LogP contribution in [0.3, 0.4) is 0 Å². The Morgan fingerprint density at radius 3 is 2.71 bits per heavy atom. The lowest BCUT2D eigenvalue weighted by Gasteiger charge is -2.17. The standard InChI is InChI=1S/C28H25ClFNO3/c1-18-9-12-22(16-23(18)28(32)33-3)31-19(2)10-13-26(31)24-15-21(29)11-14-27(24)34-17-20-7-5-4-6-8-25(20)30/h4-6,8-16H,7,17H2,1-3H3. The first-order chi connectivity index (χ1) is 16.4. The van der Waals surface area contributed by atoms with E-state index in [1.54, 1.807) is 18.2 Å². The zero-order valence-corrected chi connectivity index (χ0v) is 20.0. The average Bonchev–Trinajstić information content (AvgIpc) is 3.09. The molecule has 0 saturated carbocycles. The molecule has 0 fully saturated rings. The number of halogens is 2. The number of benzene rings is 2. The molecule has 0 unspecified atom stereocenters. The van der Waals surface area contributed by atoms with E-state index in [0.717, 1.165) is 28.2 Å². The maximum absolute atomic E-state index is 14.4. The van der Waals surface area contributed by atoms with Crippen molar-refractivity contribution in [3.05, 3.63) is 106 Å². The van der Waals surface area contributed by atoms with Crippen LogP contribution in [0.1, 0.15) is 28.0 Å². The molecule has 0 atom stereocenters. The van der Waals surface area contributed by atoms with E-state index in [2.05, 4.69) is 0 Å². The van der Waals surface area contributed by atoms with Crippen LogP contribution in [0.4, 0.5) is 4.39 Å². The highest BCUT2D eigenvalue weighted by Gasteiger charge is 2.18. The number of ether oxygens (including phenoxy) is 2. The summed E-state index contributed by atoms with van der Waals surface area (Å²) in [5, 5.41) is 0.553. The molecule has 0 amide bonds. The third kappa shape index (κ3) is 4.85. The number of carbonyl (C=O) groups is 1. The van der Waals surface area contributed by atoms with E-state index >= 15 is 0 Å². The second-order valence-corrected chi connectivity index (χ2v) is 8.49. The quantitative estimate of drug-likeness (QED) is 0.349. The van der Waals surface area contributed by atoms with Gasteiger partial charge < -0.3 is 14.0 Å². The molecule has 0 bridgehead atoms. The molecule has 0 aliphatic heterocycles. The molecular weight excluding hydrogens is 453 g/mol. The molecule has 1 aliphatic rings. The molecule has 4 nitrogen and oxygen atoms in total. The van der Waals surface area contributed by atoms with Crippen molar-refractivity contribution in [3.63, 3.8) is 0 Å². The first kappa shape index (κ1) is 23.6. The zero-order valence-electron chi connectivity index (χ0n) is 19.3. The Morgan fingerprint density at radius 1 is 1.09 bits per heavy atom. The van der Waals surface area contributed by atoms with Crippen molar-refractivity contribution >= 4 is 17.6 Å². The first-order valence-electron chi connectivity index (χ1n) is 10.9. The second kappa shape index (κ2) is 10.1. The van der Waals surface area contributed by atoms with Crippen LogP contribution in [0.15, 0.2) is 84.2 Å². The Labute approximate surface area is 203 Å². The van der Waals surface area contributed by atoms with Gasteiger partial charge in [-0.05, 0) is 74.4 Å². The van der Waals surface area contributed by atoms with Crippen LogP contribution in [0.25, 0.3) is 16.9 Å². The minimum absolute atomic E-state index is 0.117. The van der Waals surface area contributed by atoms with Crippen molar-refractivity contribution in [1.29, 1.82) is 0 Å². The fraction of sp³-hybridized carbons (Fsp3) is 0.179. The van der Waals surface area contributed by atoms with Gasteiger partial charge in [0, 0.05) is 27.5 Å². The van der Waals surface area contributed by atoms with Gasteiger partial charge in [0.25, 0.3) is 0 Å². The number of aryl methyl sites for hydroxylation is 2. The molecule has 0 saturated heterocycles. The van der Waals surface area contributed by atoms with E-state index < -0.39 is 0 Å². The molecule has 1 aromatic heterocycles. The van der Waals surface area contributed by atoms with Crippen LogP contribution in [0, 0.1) is 13.8 Å². The molecule has 4 rings (SSSR count). The van der Waals surface area contributed by atoms with Gasteiger partial charge >= 0.3 is 5.97 Å². The van der Waals surface area contributed by atoms with Gasteiger partial charge in [-0.25, -0.2) is 9.18 Å². The van der Waals surface area contributed by atoms with E-state index in [0.29, 0.717) is 28.3 Å². The highest BCUT2D eigenvalue weighted by atomic mass is 35.5. The summed E-state index contributed by atoms with van der Waals surface area (Å²) in [5.74, 6) is -0.0874. The van der Waals surface area contributed by atoms with Gasteiger partial charge in [-0.2, -0.15) is 0 Å². The number of allylic oxidation sites excluding steroid dienone is 5. The SMILES string of the molecule is COC(=O)c1cc(-n2c(C)ccc2-c2cc(Cl)ccc2OCC2=C(F)C=CC=CC2)ccc1C. The lowest BCUT2D eigenvalue weighted by Crippen LogP contribution is -2.07. The van der Waals surface area contributed by atoms with Gasteiger partial charge in [0.1, 0.15) is 18.2 Å². The van der Waals surface area contributed by atoms with Gasteiger partial charge in [-0.1, -0.05) is 35.9 Å². The van der Waals surface area contributed by atoms with Crippen LogP contribution in [-0.4, -0.2) is 24.3 Å². The fourth-order valence-electron chi connectivity index (χ4n) is 3.94. The van der Waals surface area contributed by atoms with Gasteiger partial charge in [0.2, 0.25) is 0 Å². The summed E-state index contributed by atoms with van der Waals surface area (Å²) >= 11 is 6.36. The maximum atomic E-state index is 14.4. The molecular formula is C28H25ClFNO3. The number of hydrogen-bond acceptors (Lipinski definition) is 3. The molecule has 3 aromatic rings. The van der Waals surface area contributed by atoms with E-state index in [-0.39, 0.29) is 18.4 Å². The van der Waals surface area contributed by atoms with Gasteiger partial charge in [0.15, 0.2) is 0 Å². The highest BCUT2D eigenvalue weighted by molar-refractivity contribution is 6.31. The largest absolute Gasteiger partial charge is 0.488 e. The van der Waals surface area contributed by atoms with Gasteiger partial charge in [0.05, 0.1) is 18.4 Å². The predicted octanol–water partition coefficient (Wildman–Crippen LogP) is 7.32. The molecule has 1 aliphatic carbocycles. The Kier molecular flexibility index (Phi) is 7.03. The summed E-state index contributed by atoms with van der Waals surface area (Å²) in [7, 11) is 1.37. The van der Waals surface area contributed by atoms with Crippen LogP contribution in [0.2, 0.25) is 5.02 Å². The molecule has 0 spiro atoms. The van der Waals surface area contributed by atoms with E-state index in [1.807, 2.05) is 67.0 Å². The van der Waals surface area contributed by atoms with Gasteiger partial charge in [-0.3, -0.25) is 0 Å². The number of nitrogens with zero attached hydrogens (tertiary/aromatic N) is 1. The number of carbonyl (C=O) groups excluding carboxylic acids is 1. The molecule has 6 heteroatoms. The molecule has 1 heterocycles. The molecule has 0 N–H and O–H groups in total. The minimum atomic E-state index is -0.390. The Morgan fingerprint density at radius 2 is 1.91 bits per heavy atom. The van der Waals surface area contributed by atoms with Crippen LogP contribution in [0.5, 0.6) is 5.75 Å². The fourth-order valence-corrected chi connectivity index (χ4v) is 4.11. The monoisotopic (exact) mass is 477 g/mol. The normalized spacial score (nSPS) is 13.2. The lowest BCUT2D eigenvalue weighted by molar-refractivity contribution is 0.0600.